The molecule has 0 aromatic carbocycles. The van der Waals surface area contributed by atoms with Crippen molar-refractivity contribution in [3.8, 4) is 0 Å². The number of fused-ring (bicyclic) bond motifs is 1. The van der Waals surface area contributed by atoms with Crippen molar-refractivity contribution in [1.29, 1.82) is 0 Å². The molecule has 0 aromatic heterocycles. The van der Waals surface area contributed by atoms with Crippen LogP contribution in [0.2, 0.25) is 0 Å². The maximum atomic E-state index is 9.33. The first-order chi connectivity index (χ1) is 6.94. The van der Waals surface area contributed by atoms with Crippen LogP contribution in [-0.4, -0.2) is 53.1 Å². The van der Waals surface area contributed by atoms with Crippen LogP contribution in [0.3, 0.4) is 0 Å². The zero-order valence-corrected chi connectivity index (χ0v) is 9.27. The van der Waals surface area contributed by atoms with Crippen molar-refractivity contribution in [3.63, 3.8) is 0 Å². The van der Waals surface area contributed by atoms with E-state index in [1.165, 1.54) is 0 Å². The van der Waals surface area contributed by atoms with Crippen LogP contribution in [-0.2, 0) is 14.2 Å². The Balaban J connectivity index is 2.25. The van der Waals surface area contributed by atoms with Crippen LogP contribution in [0.1, 0.15) is 20.8 Å². The molecule has 0 radical (unpaired) electrons. The lowest BCUT2D eigenvalue weighted by molar-refractivity contribution is -0.220. The maximum absolute atomic E-state index is 9.33. The van der Waals surface area contributed by atoms with Crippen LogP contribution in [0.4, 0.5) is 0 Å². The Morgan fingerprint density at radius 2 is 1.67 bits per heavy atom. The molecule has 0 amide bonds. The molecule has 2 aliphatic heterocycles. The normalized spacial score (nSPS) is 41.8. The maximum Gasteiger partial charge on any atom is 0.164 e. The Morgan fingerprint density at radius 3 is 2.20 bits per heavy atom. The molecule has 0 aromatic rings. The van der Waals surface area contributed by atoms with Gasteiger partial charge in [0.2, 0.25) is 0 Å². The first kappa shape index (κ1) is 11.3. The smallest absolute Gasteiger partial charge is 0.164 e. The second kappa shape index (κ2) is 3.40. The largest absolute Gasteiger partial charge is 0.393 e. The van der Waals surface area contributed by atoms with Gasteiger partial charge in [0.05, 0.1) is 19.3 Å². The molecule has 2 heterocycles. The summed E-state index contributed by atoms with van der Waals surface area (Å²) in [4.78, 5) is 0. The van der Waals surface area contributed by atoms with Crippen molar-refractivity contribution in [2.75, 3.05) is 13.2 Å². The fourth-order valence-corrected chi connectivity index (χ4v) is 2.35. The summed E-state index contributed by atoms with van der Waals surface area (Å²) in [6.45, 7) is 4.95. The van der Waals surface area contributed by atoms with Gasteiger partial charge in [0.25, 0.3) is 0 Å². The fraction of sp³-hybridized carbons (Fsp3) is 1.00. The van der Waals surface area contributed by atoms with Gasteiger partial charge in [-0.05, 0) is 20.8 Å². The fourth-order valence-electron chi connectivity index (χ4n) is 2.35. The highest BCUT2D eigenvalue weighted by Crippen LogP contribution is 2.43. The van der Waals surface area contributed by atoms with E-state index in [1.807, 2.05) is 20.8 Å². The van der Waals surface area contributed by atoms with Gasteiger partial charge in [-0.3, -0.25) is 0 Å². The third kappa shape index (κ3) is 1.59. The van der Waals surface area contributed by atoms with E-state index in [0.29, 0.717) is 0 Å². The number of aliphatic hydroxyl groups is 2. The number of ether oxygens (including phenoxy) is 3. The van der Waals surface area contributed by atoms with Crippen LogP contribution < -0.4 is 0 Å². The van der Waals surface area contributed by atoms with Crippen molar-refractivity contribution >= 4 is 0 Å². The monoisotopic (exact) mass is 218 g/mol. The van der Waals surface area contributed by atoms with Gasteiger partial charge in [0.1, 0.15) is 17.8 Å². The van der Waals surface area contributed by atoms with Crippen LogP contribution in [0.25, 0.3) is 0 Å². The van der Waals surface area contributed by atoms with E-state index < -0.39 is 17.5 Å². The lowest BCUT2D eigenvalue weighted by Gasteiger charge is -2.31. The standard InChI is InChI=1S/C10H18O5/c1-6-7-8(15-9(2,3)14-7)10(4-11,5-12)13-6/h6-8,11-12H,4-5H2,1-3H3/t6-,7-,8-/m0/s1. The van der Waals surface area contributed by atoms with Gasteiger partial charge in [-0.25, -0.2) is 0 Å². The van der Waals surface area contributed by atoms with Crippen molar-refractivity contribution in [3.05, 3.63) is 0 Å². The molecule has 3 atom stereocenters. The third-order valence-corrected chi connectivity index (χ3v) is 3.07. The van der Waals surface area contributed by atoms with E-state index in [9.17, 15) is 10.2 Å². The molecule has 2 rings (SSSR count). The van der Waals surface area contributed by atoms with Gasteiger partial charge >= 0.3 is 0 Å². The van der Waals surface area contributed by atoms with Gasteiger partial charge < -0.3 is 24.4 Å². The summed E-state index contributed by atoms with van der Waals surface area (Å²) in [5.41, 5.74) is -1.03. The Hall–Kier alpha value is -0.200. The van der Waals surface area contributed by atoms with Crippen LogP contribution in [0.5, 0.6) is 0 Å². The molecule has 0 spiro atoms. The second-order valence-corrected chi connectivity index (χ2v) is 4.72. The van der Waals surface area contributed by atoms with Crippen molar-refractivity contribution in [2.45, 2.75) is 50.5 Å². The topological polar surface area (TPSA) is 68.2 Å². The number of hydrogen-bond acceptors (Lipinski definition) is 5. The molecule has 15 heavy (non-hydrogen) atoms. The van der Waals surface area contributed by atoms with Gasteiger partial charge in [0, 0.05) is 0 Å². The Labute approximate surface area is 88.9 Å². The number of aliphatic hydroxyl groups excluding tert-OH is 2. The molecule has 0 saturated carbocycles. The first-order valence-electron chi connectivity index (χ1n) is 5.19. The molecule has 0 aliphatic carbocycles. The molecule has 88 valence electrons. The van der Waals surface area contributed by atoms with E-state index in [0.717, 1.165) is 0 Å². The molecular formula is C10H18O5. The average molecular weight is 218 g/mol. The molecule has 5 nitrogen and oxygen atoms in total. The highest BCUT2D eigenvalue weighted by molar-refractivity contribution is 5.05. The Bertz CT molecular complexity index is 248. The third-order valence-electron chi connectivity index (χ3n) is 3.07. The minimum atomic E-state index is -1.03. The molecule has 2 aliphatic rings. The van der Waals surface area contributed by atoms with Crippen LogP contribution >= 0.6 is 0 Å². The summed E-state index contributed by atoms with van der Waals surface area (Å²) in [6, 6.07) is 0. The van der Waals surface area contributed by atoms with Crippen molar-refractivity contribution < 1.29 is 24.4 Å². The van der Waals surface area contributed by atoms with Gasteiger partial charge in [-0.15, -0.1) is 0 Å². The van der Waals surface area contributed by atoms with Crippen LogP contribution in [0, 0.1) is 0 Å². The van der Waals surface area contributed by atoms with Crippen molar-refractivity contribution in [2.24, 2.45) is 0 Å². The summed E-state index contributed by atoms with van der Waals surface area (Å²) in [5.74, 6) is -0.678. The lowest BCUT2D eigenvalue weighted by atomic mass is 9.96. The van der Waals surface area contributed by atoms with E-state index >= 15 is 0 Å². The summed E-state index contributed by atoms with van der Waals surface area (Å²) in [5, 5.41) is 18.7. The summed E-state index contributed by atoms with van der Waals surface area (Å²) in [6.07, 6.45) is -0.812. The zero-order chi connectivity index (χ0) is 11.3. The number of hydrogen-bond donors (Lipinski definition) is 2. The average Bonchev–Trinajstić information content (AvgIpc) is 2.61. The minimum Gasteiger partial charge on any atom is -0.393 e. The lowest BCUT2D eigenvalue weighted by Crippen LogP contribution is -2.49. The Kier molecular flexibility index (Phi) is 2.56. The van der Waals surface area contributed by atoms with E-state index in [4.69, 9.17) is 14.2 Å². The van der Waals surface area contributed by atoms with Crippen molar-refractivity contribution in [1.82, 2.24) is 0 Å². The molecule has 5 heteroatoms. The molecular weight excluding hydrogens is 200 g/mol. The highest BCUT2D eigenvalue weighted by atomic mass is 16.8. The predicted molar refractivity (Wildman–Crippen MR) is 51.3 cm³/mol. The van der Waals surface area contributed by atoms with E-state index in [-0.39, 0.29) is 25.4 Å². The number of rotatable bonds is 2. The first-order valence-corrected chi connectivity index (χ1v) is 5.19. The zero-order valence-electron chi connectivity index (χ0n) is 9.27. The molecule has 2 fully saturated rings. The van der Waals surface area contributed by atoms with E-state index in [2.05, 4.69) is 0 Å². The predicted octanol–water partition coefficient (Wildman–Crippen LogP) is -0.351. The molecule has 0 bridgehead atoms. The Morgan fingerprint density at radius 1 is 1.07 bits per heavy atom. The van der Waals surface area contributed by atoms with Gasteiger partial charge in [-0.2, -0.15) is 0 Å². The van der Waals surface area contributed by atoms with Gasteiger partial charge in [-0.1, -0.05) is 0 Å². The molecule has 2 N–H and O–H groups in total. The van der Waals surface area contributed by atoms with Crippen LogP contribution in [0.15, 0.2) is 0 Å². The van der Waals surface area contributed by atoms with E-state index in [1.54, 1.807) is 0 Å². The highest BCUT2D eigenvalue weighted by Gasteiger charge is 2.61. The second-order valence-electron chi connectivity index (χ2n) is 4.72. The molecule has 2 saturated heterocycles. The summed E-state index contributed by atoms with van der Waals surface area (Å²) < 4.78 is 16.9. The summed E-state index contributed by atoms with van der Waals surface area (Å²) in [7, 11) is 0. The van der Waals surface area contributed by atoms with Gasteiger partial charge in [0.15, 0.2) is 5.79 Å². The molecule has 0 unspecified atom stereocenters. The quantitative estimate of drug-likeness (QED) is 0.663. The minimum absolute atomic E-state index is 0.184. The summed E-state index contributed by atoms with van der Waals surface area (Å²) >= 11 is 0. The SMILES string of the molecule is C[C@@H]1OC(CO)(CO)[C@H]2OC(C)(C)O[C@@H]12.